The summed E-state index contributed by atoms with van der Waals surface area (Å²) in [5.41, 5.74) is -0.332. The maximum absolute atomic E-state index is 9.29. The molecule has 0 amide bonds. The molecule has 3 nitrogen and oxygen atoms in total. The average molecular weight is 218 g/mol. The van der Waals surface area contributed by atoms with Crippen molar-refractivity contribution in [3.8, 4) is 0 Å². The Labute approximate surface area is 93.5 Å². The third kappa shape index (κ3) is 6.13. The van der Waals surface area contributed by atoms with Gasteiger partial charge in [-0.25, -0.2) is 0 Å². The second kappa shape index (κ2) is 9.13. The highest BCUT2D eigenvalue weighted by Crippen LogP contribution is 2.27. The molecule has 0 saturated carbocycles. The minimum Gasteiger partial charge on any atom is -0.396 e. The van der Waals surface area contributed by atoms with Crippen LogP contribution in [0.15, 0.2) is 0 Å². The fourth-order valence-electron chi connectivity index (χ4n) is 1.66. The number of unbranched alkanes of at least 4 members (excludes halogenated alkanes) is 1. The van der Waals surface area contributed by atoms with Gasteiger partial charge in [-0.15, -0.1) is 0 Å². The first-order valence-electron chi connectivity index (χ1n) is 6.04. The van der Waals surface area contributed by atoms with Gasteiger partial charge in [0.25, 0.3) is 0 Å². The highest BCUT2D eigenvalue weighted by atomic mass is 16.5. The van der Waals surface area contributed by atoms with Crippen LogP contribution < -0.4 is 0 Å². The van der Waals surface area contributed by atoms with E-state index in [1.807, 2.05) is 0 Å². The molecule has 0 aliphatic carbocycles. The van der Waals surface area contributed by atoms with Gasteiger partial charge in [0.05, 0.1) is 13.2 Å². The summed E-state index contributed by atoms with van der Waals surface area (Å²) in [7, 11) is 0. The van der Waals surface area contributed by atoms with Crippen molar-refractivity contribution < 1.29 is 14.9 Å². The van der Waals surface area contributed by atoms with E-state index >= 15 is 0 Å². The van der Waals surface area contributed by atoms with E-state index in [-0.39, 0.29) is 18.6 Å². The molecular formula is C12H26O3. The molecule has 0 aliphatic rings. The minimum atomic E-state index is -0.332. The lowest BCUT2D eigenvalue weighted by molar-refractivity contribution is 0.00923. The Morgan fingerprint density at radius 1 is 0.933 bits per heavy atom. The zero-order valence-electron chi connectivity index (χ0n) is 10.2. The monoisotopic (exact) mass is 218 g/mol. The molecule has 0 aliphatic heterocycles. The van der Waals surface area contributed by atoms with Gasteiger partial charge >= 0.3 is 0 Å². The van der Waals surface area contributed by atoms with Crippen LogP contribution in [0.4, 0.5) is 0 Å². The Bertz CT molecular complexity index is 133. The molecule has 3 heteroatoms. The molecule has 2 N–H and O–H groups in total. The molecule has 0 aromatic heterocycles. The summed E-state index contributed by atoms with van der Waals surface area (Å²) in [6, 6.07) is 0. The smallest absolute Gasteiger partial charge is 0.0510 e. The van der Waals surface area contributed by atoms with Crippen molar-refractivity contribution in [2.75, 3.05) is 26.4 Å². The van der Waals surface area contributed by atoms with Gasteiger partial charge in [-0.05, 0) is 19.3 Å². The van der Waals surface area contributed by atoms with E-state index in [0.29, 0.717) is 6.61 Å². The fraction of sp³-hybridized carbons (Fsp3) is 1.00. The van der Waals surface area contributed by atoms with Gasteiger partial charge < -0.3 is 14.9 Å². The Hall–Kier alpha value is -0.120. The lowest BCUT2D eigenvalue weighted by Crippen LogP contribution is -2.31. The largest absolute Gasteiger partial charge is 0.396 e. The van der Waals surface area contributed by atoms with Gasteiger partial charge in [-0.2, -0.15) is 0 Å². The number of hydrogen-bond donors (Lipinski definition) is 2. The van der Waals surface area contributed by atoms with Crippen LogP contribution in [0.2, 0.25) is 0 Å². The van der Waals surface area contributed by atoms with Gasteiger partial charge in [0.2, 0.25) is 0 Å². The topological polar surface area (TPSA) is 49.7 Å². The van der Waals surface area contributed by atoms with Crippen molar-refractivity contribution in [3.05, 3.63) is 0 Å². The summed E-state index contributed by atoms with van der Waals surface area (Å²) >= 11 is 0. The SMILES string of the molecule is CCCCOCCC(CO)(CO)CCC. The Morgan fingerprint density at radius 2 is 1.60 bits per heavy atom. The minimum absolute atomic E-state index is 0.0501. The van der Waals surface area contributed by atoms with Crippen LogP contribution in [-0.2, 0) is 4.74 Å². The summed E-state index contributed by atoms with van der Waals surface area (Å²) in [6.45, 7) is 5.73. The van der Waals surface area contributed by atoms with Crippen LogP contribution in [0.3, 0.4) is 0 Å². The van der Waals surface area contributed by atoms with E-state index in [1.54, 1.807) is 0 Å². The summed E-state index contributed by atoms with van der Waals surface area (Å²) in [5.74, 6) is 0. The van der Waals surface area contributed by atoms with Gasteiger partial charge in [-0.1, -0.05) is 26.7 Å². The molecule has 0 radical (unpaired) electrons. The predicted molar refractivity (Wildman–Crippen MR) is 61.9 cm³/mol. The molecule has 0 aromatic rings. The van der Waals surface area contributed by atoms with Gasteiger partial charge in [0.15, 0.2) is 0 Å². The lowest BCUT2D eigenvalue weighted by Gasteiger charge is -2.29. The first-order chi connectivity index (χ1) is 7.24. The van der Waals surface area contributed by atoms with Crippen LogP contribution >= 0.6 is 0 Å². The third-order valence-corrected chi connectivity index (χ3v) is 2.87. The van der Waals surface area contributed by atoms with Crippen molar-refractivity contribution in [1.29, 1.82) is 0 Å². The van der Waals surface area contributed by atoms with Gasteiger partial charge in [-0.3, -0.25) is 0 Å². The fourth-order valence-corrected chi connectivity index (χ4v) is 1.66. The Morgan fingerprint density at radius 3 is 2.07 bits per heavy atom. The first kappa shape index (κ1) is 14.9. The van der Waals surface area contributed by atoms with Crippen molar-refractivity contribution in [3.63, 3.8) is 0 Å². The van der Waals surface area contributed by atoms with E-state index < -0.39 is 0 Å². The normalized spacial score (nSPS) is 12.0. The molecule has 0 atom stereocenters. The van der Waals surface area contributed by atoms with Crippen LogP contribution in [0.5, 0.6) is 0 Å². The molecule has 92 valence electrons. The van der Waals surface area contributed by atoms with Crippen molar-refractivity contribution in [2.45, 2.75) is 46.0 Å². The number of aliphatic hydroxyl groups excluding tert-OH is 2. The van der Waals surface area contributed by atoms with Crippen LogP contribution in [0.25, 0.3) is 0 Å². The van der Waals surface area contributed by atoms with E-state index in [9.17, 15) is 10.2 Å². The molecule has 0 rings (SSSR count). The zero-order chi connectivity index (χ0) is 11.6. The lowest BCUT2D eigenvalue weighted by atomic mass is 9.82. The number of ether oxygens (including phenoxy) is 1. The highest BCUT2D eigenvalue weighted by Gasteiger charge is 2.27. The molecular weight excluding hydrogens is 192 g/mol. The van der Waals surface area contributed by atoms with Crippen LogP contribution in [0.1, 0.15) is 46.0 Å². The standard InChI is InChI=1S/C12H26O3/c1-3-5-8-15-9-7-12(10-13,11-14)6-4-2/h13-14H,3-11H2,1-2H3. The molecule has 0 fully saturated rings. The average Bonchev–Trinajstić information content (AvgIpc) is 2.27. The second-order valence-electron chi connectivity index (χ2n) is 4.28. The Kier molecular flexibility index (Phi) is 9.06. The van der Waals surface area contributed by atoms with Crippen molar-refractivity contribution >= 4 is 0 Å². The van der Waals surface area contributed by atoms with E-state index in [4.69, 9.17) is 4.74 Å². The van der Waals surface area contributed by atoms with E-state index in [2.05, 4.69) is 13.8 Å². The molecule has 0 spiro atoms. The number of rotatable bonds is 10. The number of hydrogen-bond acceptors (Lipinski definition) is 3. The first-order valence-corrected chi connectivity index (χ1v) is 6.04. The maximum Gasteiger partial charge on any atom is 0.0510 e. The molecule has 0 saturated heterocycles. The maximum atomic E-state index is 9.29. The van der Waals surface area contributed by atoms with E-state index in [1.165, 1.54) is 0 Å². The Balaban J connectivity index is 3.74. The van der Waals surface area contributed by atoms with Crippen molar-refractivity contribution in [2.24, 2.45) is 5.41 Å². The highest BCUT2D eigenvalue weighted by molar-refractivity contribution is 4.77. The molecule has 0 aromatic carbocycles. The summed E-state index contributed by atoms with van der Waals surface area (Å²) < 4.78 is 5.46. The van der Waals surface area contributed by atoms with Crippen molar-refractivity contribution in [1.82, 2.24) is 0 Å². The van der Waals surface area contributed by atoms with E-state index in [0.717, 1.165) is 38.7 Å². The van der Waals surface area contributed by atoms with Crippen LogP contribution in [0, 0.1) is 5.41 Å². The van der Waals surface area contributed by atoms with Gasteiger partial charge in [0, 0.05) is 18.6 Å². The summed E-state index contributed by atoms with van der Waals surface area (Å²) in [4.78, 5) is 0. The second-order valence-corrected chi connectivity index (χ2v) is 4.28. The molecule has 0 unspecified atom stereocenters. The predicted octanol–water partition coefficient (Wildman–Crippen LogP) is 1.96. The molecule has 15 heavy (non-hydrogen) atoms. The molecule has 0 heterocycles. The third-order valence-electron chi connectivity index (χ3n) is 2.87. The quantitative estimate of drug-likeness (QED) is 0.551. The zero-order valence-corrected chi connectivity index (χ0v) is 10.2. The summed E-state index contributed by atoms with van der Waals surface area (Å²) in [5, 5.41) is 18.6. The van der Waals surface area contributed by atoms with Gasteiger partial charge in [0.1, 0.15) is 0 Å². The molecule has 0 bridgehead atoms. The van der Waals surface area contributed by atoms with Crippen LogP contribution in [-0.4, -0.2) is 36.6 Å². The number of aliphatic hydroxyl groups is 2. The summed E-state index contributed by atoms with van der Waals surface area (Å²) in [6.07, 6.45) is 4.81.